The van der Waals surface area contributed by atoms with Gasteiger partial charge in [0.05, 0.1) is 4.88 Å². The van der Waals surface area contributed by atoms with Crippen molar-refractivity contribution in [2.75, 3.05) is 0 Å². The van der Waals surface area contributed by atoms with E-state index in [4.69, 9.17) is 0 Å². The van der Waals surface area contributed by atoms with Gasteiger partial charge in [-0.3, -0.25) is 4.79 Å². The lowest BCUT2D eigenvalue weighted by Gasteiger charge is -1.99. The first kappa shape index (κ1) is 13.7. The Labute approximate surface area is 130 Å². The zero-order chi connectivity index (χ0) is 14.1. The lowest BCUT2D eigenvalue weighted by Crippen LogP contribution is -1.83. The highest BCUT2D eigenvalue weighted by atomic mass is 32.1. The van der Waals surface area contributed by atoms with E-state index >= 15 is 0 Å². The van der Waals surface area contributed by atoms with Crippen LogP contribution < -0.4 is 0 Å². The van der Waals surface area contributed by atoms with Crippen molar-refractivity contribution in [3.8, 4) is 19.5 Å². The van der Waals surface area contributed by atoms with Gasteiger partial charge < -0.3 is 0 Å². The lowest BCUT2D eigenvalue weighted by molar-refractivity contribution is 0.112. The van der Waals surface area contributed by atoms with Crippen LogP contribution in [0.15, 0.2) is 29.6 Å². The van der Waals surface area contributed by atoms with Gasteiger partial charge in [0.2, 0.25) is 0 Å². The first-order chi connectivity index (χ1) is 9.74. The van der Waals surface area contributed by atoms with Gasteiger partial charge in [-0.2, -0.15) is 0 Å². The largest absolute Gasteiger partial charge is 0.297 e. The van der Waals surface area contributed by atoms with Crippen LogP contribution >= 0.6 is 34.0 Å². The third-order valence-corrected chi connectivity index (χ3v) is 6.91. The molecule has 3 heterocycles. The minimum Gasteiger partial charge on any atom is -0.297 e. The molecule has 0 bridgehead atoms. The molecule has 0 unspecified atom stereocenters. The molecule has 0 amide bonds. The predicted molar refractivity (Wildman–Crippen MR) is 90.4 cm³/mol. The Hall–Kier alpha value is -1.23. The molecule has 3 aromatic rings. The topological polar surface area (TPSA) is 17.1 Å². The van der Waals surface area contributed by atoms with E-state index in [2.05, 4.69) is 37.4 Å². The molecule has 20 heavy (non-hydrogen) atoms. The van der Waals surface area contributed by atoms with Gasteiger partial charge >= 0.3 is 0 Å². The van der Waals surface area contributed by atoms with Crippen molar-refractivity contribution < 1.29 is 4.79 Å². The molecule has 0 saturated heterocycles. The average molecular weight is 318 g/mol. The smallest absolute Gasteiger partial charge is 0.160 e. The maximum absolute atomic E-state index is 10.9. The second-order valence-electron chi connectivity index (χ2n) is 4.51. The summed E-state index contributed by atoms with van der Waals surface area (Å²) in [4.78, 5) is 16.9. The Kier molecular flexibility index (Phi) is 3.87. The molecule has 0 aliphatic heterocycles. The summed E-state index contributed by atoms with van der Waals surface area (Å²) in [6.07, 6.45) is 1.97. The zero-order valence-electron chi connectivity index (χ0n) is 11.3. The highest BCUT2D eigenvalue weighted by Crippen LogP contribution is 2.45. The fourth-order valence-electron chi connectivity index (χ4n) is 2.35. The Balaban J connectivity index is 2.15. The molecule has 0 radical (unpaired) electrons. The number of carbonyl (C=O) groups excluding carboxylic acids is 1. The van der Waals surface area contributed by atoms with Crippen LogP contribution in [-0.2, 0) is 6.42 Å². The molecule has 0 fully saturated rings. The number of aldehydes is 1. The standard InChI is InChI=1S/C16H14OS3/c1-3-12-10(2)15(14-7-6-11(9-17)19-14)20-16(12)13-5-4-8-18-13/h4-9H,3H2,1-2H3. The third kappa shape index (κ3) is 2.28. The van der Waals surface area contributed by atoms with Gasteiger partial charge in [0.25, 0.3) is 0 Å². The summed E-state index contributed by atoms with van der Waals surface area (Å²) in [7, 11) is 0. The van der Waals surface area contributed by atoms with Crippen molar-refractivity contribution in [2.45, 2.75) is 20.3 Å². The van der Waals surface area contributed by atoms with Gasteiger partial charge in [0.1, 0.15) is 0 Å². The number of hydrogen-bond acceptors (Lipinski definition) is 4. The van der Waals surface area contributed by atoms with Crippen LogP contribution in [0.4, 0.5) is 0 Å². The van der Waals surface area contributed by atoms with Crippen LogP contribution in [0.3, 0.4) is 0 Å². The Morgan fingerprint density at radius 1 is 1.10 bits per heavy atom. The highest BCUT2D eigenvalue weighted by molar-refractivity contribution is 7.26. The van der Waals surface area contributed by atoms with E-state index in [-0.39, 0.29) is 0 Å². The molecule has 1 nitrogen and oxygen atoms in total. The quantitative estimate of drug-likeness (QED) is 0.548. The van der Waals surface area contributed by atoms with Crippen LogP contribution in [0.5, 0.6) is 0 Å². The Bertz CT molecular complexity index is 732. The van der Waals surface area contributed by atoms with Gasteiger partial charge in [-0.15, -0.1) is 34.0 Å². The molecule has 0 aromatic carbocycles. The molecule has 0 atom stereocenters. The summed E-state index contributed by atoms with van der Waals surface area (Å²) in [6, 6.07) is 8.25. The second kappa shape index (κ2) is 5.64. The summed E-state index contributed by atoms with van der Waals surface area (Å²) >= 11 is 5.22. The maximum Gasteiger partial charge on any atom is 0.160 e. The minimum absolute atomic E-state index is 0.795. The van der Waals surface area contributed by atoms with E-state index in [1.807, 2.05) is 17.4 Å². The summed E-state index contributed by atoms with van der Waals surface area (Å²) in [5.74, 6) is 0. The summed E-state index contributed by atoms with van der Waals surface area (Å²) in [5, 5.41) is 2.12. The van der Waals surface area contributed by atoms with E-state index in [0.29, 0.717) is 0 Å². The van der Waals surface area contributed by atoms with E-state index in [1.165, 1.54) is 30.6 Å². The van der Waals surface area contributed by atoms with Crippen LogP contribution in [0.1, 0.15) is 27.7 Å². The fraction of sp³-hybridized carbons (Fsp3) is 0.188. The molecule has 102 valence electrons. The SMILES string of the molecule is CCc1c(-c2cccs2)sc(-c2ccc(C=O)s2)c1C. The van der Waals surface area contributed by atoms with Gasteiger partial charge in [0, 0.05) is 19.5 Å². The van der Waals surface area contributed by atoms with Crippen molar-refractivity contribution >= 4 is 40.3 Å². The summed E-state index contributed by atoms with van der Waals surface area (Å²) in [6.45, 7) is 4.41. The molecule has 0 aliphatic carbocycles. The molecule has 0 aliphatic rings. The molecule has 3 aromatic heterocycles. The highest BCUT2D eigenvalue weighted by Gasteiger charge is 2.17. The number of thiophene rings is 3. The van der Waals surface area contributed by atoms with E-state index in [9.17, 15) is 4.79 Å². The van der Waals surface area contributed by atoms with E-state index in [0.717, 1.165) is 17.6 Å². The first-order valence-electron chi connectivity index (χ1n) is 6.46. The number of hydrogen-bond donors (Lipinski definition) is 0. The summed E-state index contributed by atoms with van der Waals surface area (Å²) < 4.78 is 0. The lowest BCUT2D eigenvalue weighted by atomic mass is 10.1. The summed E-state index contributed by atoms with van der Waals surface area (Å²) in [5.41, 5.74) is 2.80. The predicted octanol–water partition coefficient (Wildman–Crippen LogP) is 5.89. The van der Waals surface area contributed by atoms with Crippen LogP contribution in [0.2, 0.25) is 0 Å². The second-order valence-corrected chi connectivity index (χ2v) is 7.60. The first-order valence-corrected chi connectivity index (χ1v) is 8.97. The van der Waals surface area contributed by atoms with Gasteiger partial charge in [-0.1, -0.05) is 13.0 Å². The van der Waals surface area contributed by atoms with Crippen LogP contribution in [0, 0.1) is 6.92 Å². The van der Waals surface area contributed by atoms with E-state index in [1.54, 1.807) is 22.7 Å². The number of rotatable bonds is 4. The zero-order valence-corrected chi connectivity index (χ0v) is 13.8. The van der Waals surface area contributed by atoms with Gasteiger partial charge in [-0.05, 0) is 48.1 Å². The van der Waals surface area contributed by atoms with Crippen LogP contribution in [0.25, 0.3) is 19.5 Å². The van der Waals surface area contributed by atoms with Crippen LogP contribution in [-0.4, -0.2) is 6.29 Å². The van der Waals surface area contributed by atoms with Gasteiger partial charge in [-0.25, -0.2) is 0 Å². The molecule has 3 rings (SSSR count). The van der Waals surface area contributed by atoms with Crippen molar-refractivity contribution in [1.82, 2.24) is 0 Å². The Morgan fingerprint density at radius 3 is 2.55 bits per heavy atom. The third-order valence-electron chi connectivity index (χ3n) is 3.34. The van der Waals surface area contributed by atoms with Crippen molar-refractivity contribution in [1.29, 1.82) is 0 Å². The molecule has 0 N–H and O–H groups in total. The molecule has 0 saturated carbocycles. The molecular weight excluding hydrogens is 304 g/mol. The Morgan fingerprint density at radius 2 is 1.95 bits per heavy atom. The number of carbonyl (C=O) groups is 1. The molecular formula is C16H14OS3. The minimum atomic E-state index is 0.795. The van der Waals surface area contributed by atoms with Crippen molar-refractivity contribution in [3.05, 3.63) is 45.6 Å². The molecule has 4 heteroatoms. The maximum atomic E-state index is 10.9. The monoisotopic (exact) mass is 318 g/mol. The van der Waals surface area contributed by atoms with Crippen molar-refractivity contribution in [2.24, 2.45) is 0 Å². The molecule has 0 spiro atoms. The normalized spacial score (nSPS) is 10.9. The fourth-order valence-corrected chi connectivity index (χ4v) is 5.62. The van der Waals surface area contributed by atoms with Crippen molar-refractivity contribution in [3.63, 3.8) is 0 Å². The van der Waals surface area contributed by atoms with E-state index < -0.39 is 0 Å². The van der Waals surface area contributed by atoms with Gasteiger partial charge in [0.15, 0.2) is 6.29 Å². The average Bonchev–Trinajstić information content (AvgIpc) is 3.17.